The topological polar surface area (TPSA) is 47.1 Å². The van der Waals surface area contributed by atoms with Gasteiger partial charge in [0.25, 0.3) is 0 Å². The quantitative estimate of drug-likeness (QED) is 0.919. The van der Waals surface area contributed by atoms with E-state index < -0.39 is 0 Å². The van der Waals surface area contributed by atoms with Gasteiger partial charge in [-0.05, 0) is 38.3 Å². The second-order valence-corrected chi connectivity index (χ2v) is 6.43. The minimum absolute atomic E-state index is 0.550. The first kappa shape index (κ1) is 14.1. The maximum Gasteiger partial charge on any atom is 0.0765 e. The highest BCUT2D eigenvalue weighted by atomic mass is 15.3. The number of hydrogen-bond donors (Lipinski definition) is 1. The highest BCUT2D eigenvalue weighted by Gasteiger charge is 2.22. The van der Waals surface area contributed by atoms with Crippen LogP contribution < -0.4 is 5.73 Å². The molecule has 4 heteroatoms. The fourth-order valence-electron chi connectivity index (χ4n) is 3.75. The van der Waals surface area contributed by atoms with E-state index in [-0.39, 0.29) is 0 Å². The van der Waals surface area contributed by atoms with Crippen molar-refractivity contribution in [2.24, 2.45) is 5.73 Å². The van der Waals surface area contributed by atoms with Crippen molar-refractivity contribution in [3.8, 4) is 0 Å². The summed E-state index contributed by atoms with van der Waals surface area (Å²) in [5, 5.41) is 4.82. The van der Waals surface area contributed by atoms with Gasteiger partial charge in [0.1, 0.15) is 0 Å². The molecule has 1 aromatic heterocycles. The molecule has 1 saturated heterocycles. The lowest BCUT2D eigenvalue weighted by atomic mass is 10.1. The van der Waals surface area contributed by atoms with Crippen LogP contribution >= 0.6 is 0 Å². The Labute approximate surface area is 122 Å². The van der Waals surface area contributed by atoms with Gasteiger partial charge in [0.05, 0.1) is 11.7 Å². The highest BCUT2D eigenvalue weighted by molar-refractivity contribution is 5.01. The van der Waals surface area contributed by atoms with E-state index >= 15 is 0 Å². The largest absolute Gasteiger partial charge is 0.329 e. The first-order chi connectivity index (χ1) is 9.86. The standard InChI is InChI=1S/C16H28N4/c17-12-16-8-2-1-5-10-19(16)13-14-9-11-20(18-14)15-6-3-4-7-15/h9,11,15-16H,1-8,10,12-13,17H2. The maximum absolute atomic E-state index is 5.95. The molecule has 4 nitrogen and oxygen atoms in total. The van der Waals surface area contributed by atoms with Gasteiger partial charge < -0.3 is 5.73 Å². The van der Waals surface area contributed by atoms with Gasteiger partial charge in [0, 0.05) is 25.3 Å². The zero-order valence-corrected chi connectivity index (χ0v) is 12.5. The molecule has 3 rings (SSSR count). The normalized spacial score (nSPS) is 25.9. The van der Waals surface area contributed by atoms with Crippen LogP contribution in [-0.4, -0.2) is 33.8 Å². The van der Waals surface area contributed by atoms with Crippen LogP contribution in [0.1, 0.15) is 63.1 Å². The summed E-state index contributed by atoms with van der Waals surface area (Å²) >= 11 is 0. The Bertz CT molecular complexity index is 408. The SMILES string of the molecule is NCC1CCCCCN1Cc1ccn(C2CCCC2)n1. The Balaban J connectivity index is 1.63. The molecule has 2 aliphatic rings. The molecule has 1 saturated carbocycles. The second kappa shape index (κ2) is 6.72. The molecule has 0 bridgehead atoms. The molecule has 0 spiro atoms. The molecular weight excluding hydrogens is 248 g/mol. The average Bonchev–Trinajstić information content (AvgIpc) is 3.08. The predicted octanol–water partition coefficient (Wildman–Crippen LogP) is 2.70. The van der Waals surface area contributed by atoms with Gasteiger partial charge in [0.15, 0.2) is 0 Å². The second-order valence-electron chi connectivity index (χ2n) is 6.43. The van der Waals surface area contributed by atoms with E-state index in [9.17, 15) is 0 Å². The van der Waals surface area contributed by atoms with Gasteiger partial charge in [-0.15, -0.1) is 0 Å². The number of hydrogen-bond acceptors (Lipinski definition) is 3. The third-order valence-corrected chi connectivity index (χ3v) is 5.00. The van der Waals surface area contributed by atoms with Gasteiger partial charge in [0.2, 0.25) is 0 Å². The van der Waals surface area contributed by atoms with Crippen LogP contribution in [0.25, 0.3) is 0 Å². The van der Waals surface area contributed by atoms with E-state index in [2.05, 4.69) is 21.8 Å². The summed E-state index contributed by atoms with van der Waals surface area (Å²) in [6, 6.07) is 3.41. The Morgan fingerprint density at radius 1 is 1.10 bits per heavy atom. The molecule has 20 heavy (non-hydrogen) atoms. The fourth-order valence-corrected chi connectivity index (χ4v) is 3.75. The lowest BCUT2D eigenvalue weighted by Crippen LogP contribution is -2.39. The molecule has 0 aromatic carbocycles. The van der Waals surface area contributed by atoms with Crippen molar-refractivity contribution in [2.45, 2.75) is 70.0 Å². The van der Waals surface area contributed by atoms with Gasteiger partial charge >= 0.3 is 0 Å². The summed E-state index contributed by atoms with van der Waals surface area (Å²) < 4.78 is 2.21. The highest BCUT2D eigenvalue weighted by Crippen LogP contribution is 2.29. The average molecular weight is 276 g/mol. The van der Waals surface area contributed by atoms with Crippen LogP contribution in [-0.2, 0) is 6.54 Å². The summed E-state index contributed by atoms with van der Waals surface area (Å²) in [6.45, 7) is 2.93. The summed E-state index contributed by atoms with van der Waals surface area (Å²) in [5.74, 6) is 0. The summed E-state index contributed by atoms with van der Waals surface area (Å²) in [6.07, 6.45) is 12.7. The van der Waals surface area contributed by atoms with Crippen molar-refractivity contribution in [3.05, 3.63) is 18.0 Å². The monoisotopic (exact) mass is 276 g/mol. The Kier molecular flexibility index (Phi) is 4.73. The number of nitrogens with zero attached hydrogens (tertiary/aromatic N) is 3. The summed E-state index contributed by atoms with van der Waals surface area (Å²) in [5.41, 5.74) is 7.17. The first-order valence-electron chi connectivity index (χ1n) is 8.35. The minimum atomic E-state index is 0.550. The third kappa shape index (κ3) is 3.23. The minimum Gasteiger partial charge on any atom is -0.329 e. The zero-order valence-electron chi connectivity index (χ0n) is 12.5. The van der Waals surface area contributed by atoms with Crippen LogP contribution in [0.3, 0.4) is 0 Å². The van der Waals surface area contributed by atoms with E-state index in [0.29, 0.717) is 12.1 Å². The molecule has 1 aliphatic carbocycles. The van der Waals surface area contributed by atoms with Crippen molar-refractivity contribution in [1.82, 2.24) is 14.7 Å². The third-order valence-electron chi connectivity index (χ3n) is 5.00. The lowest BCUT2D eigenvalue weighted by molar-refractivity contribution is 0.192. The molecule has 0 radical (unpaired) electrons. The van der Waals surface area contributed by atoms with Crippen molar-refractivity contribution < 1.29 is 0 Å². The molecule has 2 fully saturated rings. The lowest BCUT2D eigenvalue weighted by Gasteiger charge is -2.28. The molecule has 1 aromatic rings. The Hall–Kier alpha value is -0.870. The van der Waals surface area contributed by atoms with Crippen molar-refractivity contribution in [2.75, 3.05) is 13.1 Å². The van der Waals surface area contributed by atoms with Crippen LogP contribution in [0.15, 0.2) is 12.3 Å². The Morgan fingerprint density at radius 3 is 2.70 bits per heavy atom. The number of likely N-dealkylation sites (tertiary alicyclic amines) is 1. The smallest absolute Gasteiger partial charge is 0.0765 e. The van der Waals surface area contributed by atoms with E-state index in [1.807, 2.05) is 0 Å². The van der Waals surface area contributed by atoms with Crippen molar-refractivity contribution in [3.63, 3.8) is 0 Å². The molecule has 2 N–H and O–H groups in total. The van der Waals surface area contributed by atoms with Crippen LogP contribution in [0.5, 0.6) is 0 Å². The van der Waals surface area contributed by atoms with Crippen LogP contribution in [0.4, 0.5) is 0 Å². The molecule has 112 valence electrons. The molecule has 0 amide bonds. The van der Waals surface area contributed by atoms with Crippen LogP contribution in [0, 0.1) is 0 Å². The summed E-state index contributed by atoms with van der Waals surface area (Å²) in [4.78, 5) is 2.55. The van der Waals surface area contributed by atoms with E-state index in [4.69, 9.17) is 10.8 Å². The van der Waals surface area contributed by atoms with E-state index in [1.165, 1.54) is 63.6 Å². The van der Waals surface area contributed by atoms with E-state index in [0.717, 1.165) is 13.1 Å². The molecule has 2 heterocycles. The van der Waals surface area contributed by atoms with Crippen LogP contribution in [0.2, 0.25) is 0 Å². The molecule has 1 atom stereocenters. The Morgan fingerprint density at radius 2 is 1.90 bits per heavy atom. The summed E-state index contributed by atoms with van der Waals surface area (Å²) in [7, 11) is 0. The number of rotatable bonds is 4. The van der Waals surface area contributed by atoms with Gasteiger partial charge in [-0.1, -0.05) is 25.7 Å². The van der Waals surface area contributed by atoms with Crippen molar-refractivity contribution in [1.29, 1.82) is 0 Å². The zero-order chi connectivity index (χ0) is 13.8. The molecule has 1 unspecified atom stereocenters. The molecular formula is C16H28N4. The molecule has 1 aliphatic heterocycles. The van der Waals surface area contributed by atoms with Gasteiger partial charge in [-0.25, -0.2) is 0 Å². The van der Waals surface area contributed by atoms with Crippen molar-refractivity contribution >= 4 is 0 Å². The van der Waals surface area contributed by atoms with Gasteiger partial charge in [-0.2, -0.15) is 5.10 Å². The maximum atomic E-state index is 5.95. The fraction of sp³-hybridized carbons (Fsp3) is 0.812. The number of nitrogens with two attached hydrogens (primary N) is 1. The first-order valence-corrected chi connectivity index (χ1v) is 8.35. The van der Waals surface area contributed by atoms with E-state index in [1.54, 1.807) is 0 Å². The number of aromatic nitrogens is 2. The van der Waals surface area contributed by atoms with Gasteiger partial charge in [-0.3, -0.25) is 9.58 Å². The predicted molar refractivity (Wildman–Crippen MR) is 81.5 cm³/mol.